The number of hydrogen-bond donors (Lipinski definition) is 3. The molecule has 0 aliphatic rings. The summed E-state index contributed by atoms with van der Waals surface area (Å²) in [5, 5.41) is 7.75. The molecule has 6 heteroatoms. The van der Waals surface area contributed by atoms with Gasteiger partial charge in [-0.2, -0.15) is 0 Å². The maximum atomic E-state index is 5.89. The van der Waals surface area contributed by atoms with Crippen LogP contribution in [0, 0.1) is 0 Å². The summed E-state index contributed by atoms with van der Waals surface area (Å²) in [6.45, 7) is 0.730. The summed E-state index contributed by atoms with van der Waals surface area (Å²) < 4.78 is 5.22. The third kappa shape index (κ3) is 5.37. The molecule has 24 heavy (non-hydrogen) atoms. The van der Waals surface area contributed by atoms with Gasteiger partial charge in [-0.25, -0.2) is 0 Å². The predicted molar refractivity (Wildman–Crippen MR) is 104 cm³/mol. The van der Waals surface area contributed by atoms with E-state index in [9.17, 15) is 0 Å². The highest BCUT2D eigenvalue weighted by molar-refractivity contribution is 7.80. The monoisotopic (exact) mass is 364 g/mol. The molecule has 0 saturated heterocycles. The van der Waals surface area contributed by atoms with Gasteiger partial charge in [-0.3, -0.25) is 0 Å². The lowest BCUT2D eigenvalue weighted by molar-refractivity contribution is -0.890. The number of hydrogen-bond acceptors (Lipinski definition) is 2. The third-order valence-corrected chi connectivity index (χ3v) is 4.28. The molecule has 0 amide bonds. The average molecular weight is 365 g/mol. The molecule has 3 N–H and O–H groups in total. The van der Waals surface area contributed by atoms with Crippen LogP contribution in [-0.4, -0.2) is 32.9 Å². The van der Waals surface area contributed by atoms with Crippen LogP contribution in [0.3, 0.4) is 0 Å². The molecule has 0 saturated carbocycles. The van der Waals surface area contributed by atoms with E-state index in [1.54, 1.807) is 7.11 Å². The van der Waals surface area contributed by atoms with E-state index in [-0.39, 0.29) is 6.04 Å². The number of anilines is 1. The van der Waals surface area contributed by atoms with E-state index in [4.69, 9.17) is 28.6 Å². The van der Waals surface area contributed by atoms with Crippen molar-refractivity contribution in [1.82, 2.24) is 5.32 Å². The summed E-state index contributed by atoms with van der Waals surface area (Å²) in [5.74, 6) is 0.860. The van der Waals surface area contributed by atoms with Crippen LogP contribution in [0.2, 0.25) is 5.02 Å². The van der Waals surface area contributed by atoms with Gasteiger partial charge in [-0.15, -0.1) is 0 Å². The van der Waals surface area contributed by atoms with Crippen LogP contribution in [-0.2, 0) is 0 Å². The molecule has 0 radical (unpaired) electrons. The van der Waals surface area contributed by atoms with E-state index < -0.39 is 0 Å². The van der Waals surface area contributed by atoms with Crippen LogP contribution >= 0.6 is 23.8 Å². The lowest BCUT2D eigenvalue weighted by Gasteiger charge is -2.23. The molecule has 0 spiro atoms. The Morgan fingerprint density at radius 1 is 1.12 bits per heavy atom. The van der Waals surface area contributed by atoms with E-state index in [0.717, 1.165) is 18.0 Å². The SMILES string of the molecule is COc1ccc([C@@H](CNC(=S)Nc2ccc(Cl)cc2)[NH+](C)C)cc1. The number of likely N-dealkylation sites (N-methyl/N-ethyl adjacent to an activating group) is 1. The fourth-order valence-corrected chi connectivity index (χ4v) is 2.72. The third-order valence-electron chi connectivity index (χ3n) is 3.78. The molecular weight excluding hydrogens is 342 g/mol. The van der Waals surface area contributed by atoms with Gasteiger partial charge in [-0.1, -0.05) is 11.6 Å². The summed E-state index contributed by atoms with van der Waals surface area (Å²) in [6, 6.07) is 15.9. The van der Waals surface area contributed by atoms with Crippen molar-refractivity contribution in [1.29, 1.82) is 0 Å². The van der Waals surface area contributed by atoms with Gasteiger partial charge in [0, 0.05) is 16.3 Å². The van der Waals surface area contributed by atoms with Gasteiger partial charge < -0.3 is 20.3 Å². The van der Waals surface area contributed by atoms with Gasteiger partial charge in [0.1, 0.15) is 11.8 Å². The van der Waals surface area contributed by atoms with Gasteiger partial charge in [0.25, 0.3) is 0 Å². The number of halogens is 1. The molecule has 0 heterocycles. The highest BCUT2D eigenvalue weighted by Gasteiger charge is 2.18. The Hall–Kier alpha value is -1.82. The fourth-order valence-electron chi connectivity index (χ4n) is 2.39. The van der Waals surface area contributed by atoms with Crippen molar-refractivity contribution in [3.8, 4) is 5.75 Å². The number of methoxy groups -OCH3 is 1. The summed E-state index contributed by atoms with van der Waals surface area (Å²) in [4.78, 5) is 1.32. The Kier molecular flexibility index (Phi) is 6.85. The number of nitrogens with one attached hydrogen (secondary N) is 3. The zero-order chi connectivity index (χ0) is 17.5. The van der Waals surface area contributed by atoms with Crippen LogP contribution in [0.25, 0.3) is 0 Å². The van der Waals surface area contributed by atoms with Crippen LogP contribution < -0.4 is 20.3 Å². The van der Waals surface area contributed by atoms with Crippen molar-refractivity contribution in [3.63, 3.8) is 0 Å². The summed E-state index contributed by atoms with van der Waals surface area (Å²) in [6.07, 6.45) is 0. The molecule has 0 aromatic heterocycles. The van der Waals surface area contributed by atoms with E-state index in [2.05, 4.69) is 36.9 Å². The molecule has 2 rings (SSSR count). The fraction of sp³-hybridized carbons (Fsp3) is 0.278. The second-order valence-corrected chi connectivity index (χ2v) is 6.59. The van der Waals surface area contributed by atoms with Gasteiger partial charge >= 0.3 is 0 Å². The lowest BCUT2D eigenvalue weighted by Crippen LogP contribution is -3.07. The Morgan fingerprint density at radius 3 is 2.29 bits per heavy atom. The number of ether oxygens (including phenoxy) is 1. The first-order chi connectivity index (χ1) is 11.5. The zero-order valence-electron chi connectivity index (χ0n) is 14.1. The van der Waals surface area contributed by atoms with Gasteiger partial charge in [0.05, 0.1) is 27.7 Å². The molecule has 0 unspecified atom stereocenters. The largest absolute Gasteiger partial charge is 0.497 e. The van der Waals surface area contributed by atoms with Crippen LogP contribution in [0.1, 0.15) is 11.6 Å². The van der Waals surface area contributed by atoms with E-state index >= 15 is 0 Å². The number of thiocarbonyl (C=S) groups is 1. The van der Waals surface area contributed by atoms with Crippen molar-refractivity contribution in [2.45, 2.75) is 6.04 Å². The molecule has 128 valence electrons. The minimum atomic E-state index is 0.279. The standard InChI is InChI=1S/C18H22ClN3OS/c1-22(2)17(13-4-10-16(23-3)11-5-13)12-20-18(24)21-15-8-6-14(19)7-9-15/h4-11,17H,12H2,1-3H3,(H2,20,21,24)/p+1/t17-/m1/s1. The Balaban J connectivity index is 1.95. The molecule has 0 fully saturated rings. The van der Waals surface area contributed by atoms with Gasteiger partial charge in [0.15, 0.2) is 5.11 Å². The first kappa shape index (κ1) is 18.5. The maximum Gasteiger partial charge on any atom is 0.171 e. The van der Waals surface area contributed by atoms with Crippen molar-refractivity contribution >= 4 is 34.6 Å². The quantitative estimate of drug-likeness (QED) is 0.689. The predicted octanol–water partition coefficient (Wildman–Crippen LogP) is 2.52. The van der Waals surface area contributed by atoms with E-state index in [1.165, 1.54) is 10.5 Å². The molecule has 0 aliphatic heterocycles. The number of rotatable bonds is 6. The zero-order valence-corrected chi connectivity index (χ0v) is 15.7. The van der Waals surface area contributed by atoms with Gasteiger partial charge in [-0.05, 0) is 60.7 Å². The molecule has 4 nitrogen and oxygen atoms in total. The Labute approximate surface area is 153 Å². The highest BCUT2D eigenvalue weighted by Crippen LogP contribution is 2.16. The summed E-state index contributed by atoms with van der Waals surface area (Å²) in [7, 11) is 5.94. The molecule has 1 atom stereocenters. The lowest BCUT2D eigenvalue weighted by atomic mass is 10.1. The summed E-state index contributed by atoms with van der Waals surface area (Å²) >= 11 is 11.3. The van der Waals surface area contributed by atoms with Crippen LogP contribution in [0.4, 0.5) is 5.69 Å². The average Bonchev–Trinajstić information content (AvgIpc) is 2.57. The normalized spacial score (nSPS) is 11.9. The molecule has 2 aromatic rings. The molecule has 0 bridgehead atoms. The number of benzene rings is 2. The smallest absolute Gasteiger partial charge is 0.171 e. The van der Waals surface area contributed by atoms with Crippen molar-refractivity contribution in [2.75, 3.05) is 33.1 Å². The molecule has 0 aliphatic carbocycles. The first-order valence-electron chi connectivity index (χ1n) is 7.74. The number of quaternary nitrogens is 1. The van der Waals surface area contributed by atoms with Crippen molar-refractivity contribution in [2.24, 2.45) is 0 Å². The van der Waals surface area contributed by atoms with Crippen LogP contribution in [0.15, 0.2) is 48.5 Å². The summed E-state index contributed by atoms with van der Waals surface area (Å²) in [5.41, 5.74) is 2.15. The topological polar surface area (TPSA) is 37.7 Å². The highest BCUT2D eigenvalue weighted by atomic mass is 35.5. The maximum absolute atomic E-state index is 5.89. The van der Waals surface area contributed by atoms with E-state index in [1.807, 2.05) is 36.4 Å². The van der Waals surface area contributed by atoms with Crippen molar-refractivity contribution in [3.05, 3.63) is 59.1 Å². The first-order valence-corrected chi connectivity index (χ1v) is 8.52. The van der Waals surface area contributed by atoms with Gasteiger partial charge in [0.2, 0.25) is 0 Å². The van der Waals surface area contributed by atoms with Crippen molar-refractivity contribution < 1.29 is 9.64 Å². The minimum absolute atomic E-state index is 0.279. The minimum Gasteiger partial charge on any atom is -0.497 e. The second-order valence-electron chi connectivity index (χ2n) is 5.75. The molecular formula is C18H23ClN3OS+. The molecule has 2 aromatic carbocycles. The van der Waals surface area contributed by atoms with Crippen LogP contribution in [0.5, 0.6) is 5.75 Å². The Bertz CT molecular complexity index is 659. The van der Waals surface area contributed by atoms with E-state index in [0.29, 0.717) is 10.1 Å². The second kappa shape index (κ2) is 8.87. The Morgan fingerprint density at radius 2 is 1.75 bits per heavy atom.